The fourth-order valence-corrected chi connectivity index (χ4v) is 4.55. The Bertz CT molecular complexity index is 781. The Hall–Kier alpha value is -0.890. The van der Waals surface area contributed by atoms with Crippen molar-refractivity contribution in [2.75, 3.05) is 9.59 Å². The predicted octanol–water partition coefficient (Wildman–Crippen LogP) is 3.58. The zero-order chi connectivity index (χ0) is 15.6. The Labute approximate surface area is 139 Å². The third-order valence-corrected chi connectivity index (χ3v) is 7.13. The van der Waals surface area contributed by atoms with Gasteiger partial charge in [0.05, 0.1) is 47.4 Å². The molecule has 0 saturated carbocycles. The first-order valence-electron chi connectivity index (χ1n) is 5.73. The summed E-state index contributed by atoms with van der Waals surface area (Å²) in [6.45, 7) is 0. The average molecular weight is 409 g/mol. The van der Waals surface area contributed by atoms with Crippen molar-refractivity contribution in [2.45, 2.75) is 9.79 Å². The molecule has 21 heavy (non-hydrogen) atoms. The summed E-state index contributed by atoms with van der Waals surface area (Å²) < 4.78 is 37.3. The molecule has 0 aliphatic carbocycles. The zero-order valence-corrected chi connectivity index (χ0v) is 14.8. The molecule has 0 aromatic heterocycles. The molecule has 0 fully saturated rings. The molecule has 0 heterocycles. The molecule has 2 aromatic rings. The number of nitrogens with zero attached hydrogens (tertiary/aromatic N) is 1. The third-order valence-electron chi connectivity index (χ3n) is 2.68. The number of rotatable bonds is 4. The van der Waals surface area contributed by atoms with E-state index in [1.54, 1.807) is 24.3 Å². The quantitative estimate of drug-likeness (QED) is 0.727. The second-order valence-electron chi connectivity index (χ2n) is 4.10. The summed E-state index contributed by atoms with van der Waals surface area (Å²) in [7, 11) is -4.96. The van der Waals surface area contributed by atoms with Gasteiger partial charge in [0.1, 0.15) is 0 Å². The molecule has 8 heteroatoms. The topological polar surface area (TPSA) is 54.5 Å². The minimum absolute atomic E-state index is 0.154. The first-order valence-corrected chi connectivity index (χ1v) is 9.81. The molecule has 2 rings (SSSR count). The lowest BCUT2D eigenvalue weighted by Gasteiger charge is -2.17. The SMILES string of the molecule is CS(=O)c1ccc(N(Br)S(=O)(=O)c2ccccc2)cc1Cl. The molecule has 0 spiro atoms. The Kier molecular flexibility index (Phi) is 5.08. The van der Waals surface area contributed by atoms with Gasteiger partial charge in [0.15, 0.2) is 0 Å². The lowest BCUT2D eigenvalue weighted by atomic mass is 10.3. The highest BCUT2D eigenvalue weighted by molar-refractivity contribution is 9.11. The molecule has 4 nitrogen and oxygen atoms in total. The molecular formula is C13H11BrClNO3S2. The number of anilines is 1. The highest BCUT2D eigenvalue weighted by Crippen LogP contribution is 2.31. The van der Waals surface area contributed by atoms with Gasteiger partial charge in [-0.1, -0.05) is 29.8 Å². The number of hydrogen-bond donors (Lipinski definition) is 0. The van der Waals surface area contributed by atoms with E-state index in [4.69, 9.17) is 11.6 Å². The molecule has 0 amide bonds. The van der Waals surface area contributed by atoms with Crippen LogP contribution in [0.2, 0.25) is 5.02 Å². The largest absolute Gasteiger partial charge is 0.273 e. The van der Waals surface area contributed by atoms with E-state index < -0.39 is 20.8 Å². The van der Waals surface area contributed by atoms with Gasteiger partial charge in [0, 0.05) is 6.26 Å². The molecule has 112 valence electrons. The average Bonchev–Trinajstić information content (AvgIpc) is 2.46. The Morgan fingerprint density at radius 1 is 1.14 bits per heavy atom. The minimum atomic E-state index is -3.73. The van der Waals surface area contributed by atoms with Crippen LogP contribution in [0.15, 0.2) is 58.3 Å². The van der Waals surface area contributed by atoms with Crippen LogP contribution < -0.4 is 3.33 Å². The van der Waals surface area contributed by atoms with Crippen LogP contribution in [0.25, 0.3) is 0 Å². The Morgan fingerprint density at radius 2 is 1.76 bits per heavy atom. The zero-order valence-electron chi connectivity index (χ0n) is 10.9. The van der Waals surface area contributed by atoms with Crippen molar-refractivity contribution in [1.29, 1.82) is 0 Å². The van der Waals surface area contributed by atoms with Gasteiger partial charge >= 0.3 is 0 Å². The molecular weight excluding hydrogens is 398 g/mol. The molecule has 1 atom stereocenters. The summed E-state index contributed by atoms with van der Waals surface area (Å²) in [5.41, 5.74) is 0.332. The highest BCUT2D eigenvalue weighted by Gasteiger charge is 2.23. The number of hydrogen-bond acceptors (Lipinski definition) is 3. The summed E-state index contributed by atoms with van der Waals surface area (Å²) in [5.74, 6) is 0. The van der Waals surface area contributed by atoms with Gasteiger partial charge in [0.25, 0.3) is 10.0 Å². The van der Waals surface area contributed by atoms with E-state index in [-0.39, 0.29) is 9.92 Å². The van der Waals surface area contributed by atoms with Gasteiger partial charge in [-0.2, -0.15) is 3.33 Å². The van der Waals surface area contributed by atoms with Crippen LogP contribution in [-0.4, -0.2) is 18.9 Å². The van der Waals surface area contributed by atoms with Crippen LogP contribution in [0.5, 0.6) is 0 Å². The predicted molar refractivity (Wildman–Crippen MR) is 88.8 cm³/mol. The first kappa shape index (κ1) is 16.5. The van der Waals surface area contributed by atoms with Crippen molar-refractivity contribution in [3.8, 4) is 0 Å². The van der Waals surface area contributed by atoms with Crippen LogP contribution in [-0.2, 0) is 20.8 Å². The van der Waals surface area contributed by atoms with Gasteiger partial charge in [-0.05, 0) is 30.3 Å². The van der Waals surface area contributed by atoms with E-state index in [9.17, 15) is 12.6 Å². The molecule has 0 aliphatic heterocycles. The maximum absolute atomic E-state index is 12.4. The molecule has 0 saturated heterocycles. The Balaban J connectivity index is 2.43. The number of benzene rings is 2. The van der Waals surface area contributed by atoms with Gasteiger partial charge in [-0.3, -0.25) is 4.21 Å². The van der Waals surface area contributed by atoms with Gasteiger partial charge in [0.2, 0.25) is 0 Å². The van der Waals surface area contributed by atoms with E-state index in [0.29, 0.717) is 10.6 Å². The van der Waals surface area contributed by atoms with E-state index in [1.165, 1.54) is 30.5 Å². The summed E-state index contributed by atoms with van der Waals surface area (Å²) in [5, 5.41) is 0.251. The van der Waals surface area contributed by atoms with Crippen molar-refractivity contribution < 1.29 is 12.6 Å². The van der Waals surface area contributed by atoms with E-state index in [0.717, 1.165) is 3.33 Å². The maximum Gasteiger partial charge on any atom is 0.273 e. The molecule has 2 aromatic carbocycles. The molecule has 0 N–H and O–H groups in total. The van der Waals surface area contributed by atoms with Crippen LogP contribution in [0.4, 0.5) is 5.69 Å². The molecule has 0 bridgehead atoms. The smallest absolute Gasteiger partial charge is 0.255 e. The minimum Gasteiger partial charge on any atom is -0.255 e. The van der Waals surface area contributed by atoms with Crippen LogP contribution in [0.3, 0.4) is 0 Å². The van der Waals surface area contributed by atoms with Crippen molar-refractivity contribution >= 4 is 54.3 Å². The van der Waals surface area contributed by atoms with Crippen molar-refractivity contribution in [1.82, 2.24) is 0 Å². The van der Waals surface area contributed by atoms with Crippen LogP contribution in [0, 0.1) is 0 Å². The maximum atomic E-state index is 12.4. The first-order chi connectivity index (χ1) is 9.84. The second-order valence-corrected chi connectivity index (χ2v) is 8.82. The van der Waals surface area contributed by atoms with E-state index in [1.807, 2.05) is 0 Å². The monoisotopic (exact) mass is 407 g/mol. The second kappa shape index (κ2) is 6.48. The standard InChI is InChI=1S/C13H11BrClNO3S2/c1-20(17)13-8-7-10(9-12(13)15)16(14)21(18,19)11-5-3-2-4-6-11/h2-9H,1H3. The van der Waals surface area contributed by atoms with Crippen molar-refractivity contribution in [3.63, 3.8) is 0 Å². The normalized spacial score (nSPS) is 12.9. The molecule has 0 aliphatic rings. The summed E-state index contributed by atoms with van der Waals surface area (Å²) in [6.07, 6.45) is 1.51. The van der Waals surface area contributed by atoms with Crippen molar-refractivity contribution in [2.24, 2.45) is 0 Å². The van der Waals surface area contributed by atoms with Gasteiger partial charge in [-0.25, -0.2) is 8.42 Å². The molecule has 0 radical (unpaired) electrons. The number of halogens is 2. The van der Waals surface area contributed by atoms with E-state index in [2.05, 4.69) is 16.1 Å². The lowest BCUT2D eigenvalue weighted by molar-refractivity contribution is 0.598. The lowest BCUT2D eigenvalue weighted by Crippen LogP contribution is -2.20. The van der Waals surface area contributed by atoms with Gasteiger partial charge in [-0.15, -0.1) is 0 Å². The molecule has 1 unspecified atom stereocenters. The fourth-order valence-electron chi connectivity index (χ4n) is 1.66. The van der Waals surface area contributed by atoms with Crippen molar-refractivity contribution in [3.05, 3.63) is 53.6 Å². The van der Waals surface area contributed by atoms with Crippen LogP contribution in [0.1, 0.15) is 0 Å². The summed E-state index contributed by atoms with van der Waals surface area (Å²) in [4.78, 5) is 0.611. The third kappa shape index (κ3) is 3.48. The summed E-state index contributed by atoms with van der Waals surface area (Å²) >= 11 is 9.08. The van der Waals surface area contributed by atoms with E-state index >= 15 is 0 Å². The Morgan fingerprint density at radius 3 is 2.29 bits per heavy atom. The highest BCUT2D eigenvalue weighted by atomic mass is 79.9. The van der Waals surface area contributed by atoms with Gasteiger partial charge < -0.3 is 0 Å². The fraction of sp³-hybridized carbons (Fsp3) is 0.0769. The summed E-state index contributed by atoms with van der Waals surface area (Å²) in [6, 6.07) is 12.6. The number of sulfonamides is 1. The van der Waals surface area contributed by atoms with Crippen LogP contribution >= 0.6 is 27.7 Å².